The van der Waals surface area contributed by atoms with E-state index in [1.807, 2.05) is 55.1 Å². The molecule has 3 aliphatic heterocycles. The number of hydrogen-bond acceptors (Lipinski definition) is 10. The summed E-state index contributed by atoms with van der Waals surface area (Å²) in [6.45, 7) is 9.44. The van der Waals surface area contributed by atoms with E-state index in [0.717, 1.165) is 80.3 Å². The Morgan fingerprint density at radius 1 is 1.18 bits per heavy atom. The van der Waals surface area contributed by atoms with Crippen LogP contribution < -0.4 is 25.6 Å². The molecule has 4 N–H and O–H groups in total. The molecule has 2 aromatic carbocycles. The summed E-state index contributed by atoms with van der Waals surface area (Å²) < 4.78 is 5.75. The van der Waals surface area contributed by atoms with Gasteiger partial charge in [-0.15, -0.1) is 0 Å². The minimum Gasteiger partial charge on any atom is -0.494 e. The molecule has 4 heterocycles. The molecular formula is C33H43ClN8O3. The number of nitrogens with one attached hydrogen (secondary N) is 3. The van der Waals surface area contributed by atoms with Gasteiger partial charge in [-0.05, 0) is 55.8 Å². The maximum Gasteiger partial charge on any atom is 0.229 e. The predicted molar refractivity (Wildman–Crippen MR) is 179 cm³/mol. The van der Waals surface area contributed by atoms with Crippen LogP contribution in [0.15, 0.2) is 42.6 Å². The highest BCUT2D eigenvalue weighted by Crippen LogP contribution is 2.42. The van der Waals surface area contributed by atoms with Crippen molar-refractivity contribution in [2.45, 2.75) is 44.9 Å². The number of anilines is 5. The van der Waals surface area contributed by atoms with Gasteiger partial charge in [0.05, 0.1) is 24.9 Å². The second-order valence-corrected chi connectivity index (χ2v) is 13.2. The minimum absolute atomic E-state index is 0.115. The monoisotopic (exact) mass is 634 g/mol. The van der Waals surface area contributed by atoms with Gasteiger partial charge in [-0.2, -0.15) is 4.98 Å². The van der Waals surface area contributed by atoms with E-state index in [4.69, 9.17) is 16.3 Å². The van der Waals surface area contributed by atoms with Crippen LogP contribution in [0.1, 0.15) is 37.8 Å². The summed E-state index contributed by atoms with van der Waals surface area (Å²) in [6, 6.07) is 12.0. The van der Waals surface area contributed by atoms with Gasteiger partial charge in [-0.1, -0.05) is 37.6 Å². The zero-order chi connectivity index (χ0) is 31.7. The van der Waals surface area contributed by atoms with Crippen LogP contribution in [-0.4, -0.2) is 90.4 Å². The van der Waals surface area contributed by atoms with Crippen molar-refractivity contribution in [3.63, 3.8) is 0 Å². The number of rotatable bonds is 8. The fraction of sp³-hybridized carbons (Fsp3) is 0.485. The van der Waals surface area contributed by atoms with Crippen molar-refractivity contribution in [1.29, 1.82) is 0 Å². The smallest absolute Gasteiger partial charge is 0.229 e. The number of carbonyl (C=O) groups excluding carboxylic acids is 1. The number of halogens is 1. The van der Waals surface area contributed by atoms with Crippen molar-refractivity contribution in [2.75, 3.05) is 74.3 Å². The van der Waals surface area contributed by atoms with E-state index >= 15 is 0 Å². The van der Waals surface area contributed by atoms with E-state index in [9.17, 15) is 9.90 Å². The summed E-state index contributed by atoms with van der Waals surface area (Å²) in [6.07, 6.45) is 2.98. The molecule has 2 fully saturated rings. The summed E-state index contributed by atoms with van der Waals surface area (Å²) in [7, 11) is 3.74. The molecule has 3 aromatic rings. The van der Waals surface area contributed by atoms with Crippen LogP contribution in [0.2, 0.25) is 5.02 Å². The van der Waals surface area contributed by atoms with Gasteiger partial charge in [0.15, 0.2) is 5.82 Å². The third-order valence-corrected chi connectivity index (χ3v) is 9.60. The maximum absolute atomic E-state index is 13.1. The van der Waals surface area contributed by atoms with Gasteiger partial charge in [-0.3, -0.25) is 4.79 Å². The highest BCUT2D eigenvalue weighted by Gasteiger charge is 2.39. The Morgan fingerprint density at radius 3 is 2.73 bits per heavy atom. The van der Waals surface area contributed by atoms with Crippen LogP contribution in [0.5, 0.6) is 5.75 Å². The van der Waals surface area contributed by atoms with E-state index in [1.54, 1.807) is 13.3 Å². The van der Waals surface area contributed by atoms with E-state index in [2.05, 4.69) is 42.8 Å². The molecule has 45 heavy (non-hydrogen) atoms. The van der Waals surface area contributed by atoms with E-state index < -0.39 is 11.6 Å². The lowest BCUT2D eigenvalue weighted by Gasteiger charge is -2.39. The number of nitrogens with zero attached hydrogens (tertiary/aromatic N) is 5. The topological polar surface area (TPSA) is 118 Å². The number of ether oxygens (including phenoxy) is 1. The number of aliphatic hydroxyl groups excluding tert-OH is 1. The molecule has 6 rings (SSSR count). The number of hydrogen-bond donors (Lipinski definition) is 4. The lowest BCUT2D eigenvalue weighted by Crippen LogP contribution is -2.52. The Hall–Kier alpha value is -3.80. The second-order valence-electron chi connectivity index (χ2n) is 12.8. The SMILES string of the molecule is COc1cc(N2CCN(C(=O)C3CCCN(C)C3)CC2)ccc1Nc1ncc(Cl)c(NCc2cccc3c2C(C)(C)C(O)N3)n1. The van der Waals surface area contributed by atoms with E-state index in [1.165, 1.54) is 0 Å². The normalized spacial score (nSPS) is 21.2. The third kappa shape index (κ3) is 6.47. The molecule has 1 amide bonds. The molecule has 1 aromatic heterocycles. The first-order valence-electron chi connectivity index (χ1n) is 15.6. The van der Waals surface area contributed by atoms with Crippen molar-refractivity contribution in [3.05, 3.63) is 58.7 Å². The second kappa shape index (κ2) is 12.9. The molecule has 11 nitrogen and oxygen atoms in total. The van der Waals surface area contributed by atoms with Gasteiger partial charge in [0.25, 0.3) is 0 Å². The molecule has 0 spiro atoms. The van der Waals surface area contributed by atoms with Gasteiger partial charge in [-0.25, -0.2) is 4.98 Å². The van der Waals surface area contributed by atoms with Crippen molar-refractivity contribution in [2.24, 2.45) is 5.92 Å². The number of carbonyl (C=O) groups is 1. The van der Waals surface area contributed by atoms with Crippen molar-refractivity contribution in [1.82, 2.24) is 19.8 Å². The molecule has 0 bridgehead atoms. The Morgan fingerprint density at radius 2 is 1.98 bits per heavy atom. The van der Waals surface area contributed by atoms with Crippen molar-refractivity contribution < 1.29 is 14.6 Å². The molecule has 2 atom stereocenters. The fourth-order valence-corrected chi connectivity index (χ4v) is 6.89. The molecule has 0 aliphatic carbocycles. The van der Waals surface area contributed by atoms with Gasteiger partial charge in [0.1, 0.15) is 17.0 Å². The molecule has 3 aliphatic rings. The molecular weight excluding hydrogens is 592 g/mol. The fourth-order valence-electron chi connectivity index (χ4n) is 6.73. The number of piperidine rings is 1. The summed E-state index contributed by atoms with van der Waals surface area (Å²) in [5, 5.41) is 20.7. The zero-order valence-electron chi connectivity index (χ0n) is 26.4. The van der Waals surface area contributed by atoms with Gasteiger partial charge < -0.3 is 40.5 Å². The van der Waals surface area contributed by atoms with Crippen LogP contribution in [0.3, 0.4) is 0 Å². The molecule has 12 heteroatoms. The average Bonchev–Trinajstić information content (AvgIpc) is 3.28. The first-order chi connectivity index (χ1) is 21.6. The van der Waals surface area contributed by atoms with Crippen molar-refractivity contribution in [3.8, 4) is 5.75 Å². The number of benzene rings is 2. The molecule has 0 radical (unpaired) electrons. The van der Waals surface area contributed by atoms with Crippen LogP contribution in [0.25, 0.3) is 0 Å². The maximum atomic E-state index is 13.1. The highest BCUT2D eigenvalue weighted by atomic mass is 35.5. The average molecular weight is 635 g/mol. The quantitative estimate of drug-likeness (QED) is 0.282. The molecule has 240 valence electrons. The molecule has 2 saturated heterocycles. The number of likely N-dealkylation sites (tertiary alicyclic amines) is 1. The summed E-state index contributed by atoms with van der Waals surface area (Å²) >= 11 is 6.48. The van der Waals surface area contributed by atoms with Crippen LogP contribution in [-0.2, 0) is 16.8 Å². The Bertz CT molecular complexity index is 1540. The van der Waals surface area contributed by atoms with E-state index in [0.29, 0.717) is 35.0 Å². The third-order valence-electron chi connectivity index (χ3n) is 9.32. The number of amides is 1. The van der Waals surface area contributed by atoms with Gasteiger partial charge in [0, 0.05) is 62.1 Å². The Balaban J connectivity index is 1.10. The summed E-state index contributed by atoms with van der Waals surface area (Å²) in [5.74, 6) is 1.95. The Labute approximate surface area is 269 Å². The number of methoxy groups -OCH3 is 1. The van der Waals surface area contributed by atoms with Gasteiger partial charge in [0.2, 0.25) is 11.9 Å². The molecule has 2 unspecified atom stereocenters. The minimum atomic E-state index is -0.656. The largest absolute Gasteiger partial charge is 0.494 e. The Kier molecular flexibility index (Phi) is 8.94. The lowest BCUT2D eigenvalue weighted by atomic mass is 9.82. The first kappa shape index (κ1) is 31.2. The highest BCUT2D eigenvalue weighted by molar-refractivity contribution is 6.32. The zero-order valence-corrected chi connectivity index (χ0v) is 27.2. The molecule has 0 saturated carbocycles. The van der Waals surface area contributed by atoms with Gasteiger partial charge >= 0.3 is 0 Å². The lowest BCUT2D eigenvalue weighted by molar-refractivity contribution is -0.137. The number of aliphatic hydroxyl groups is 1. The van der Waals surface area contributed by atoms with E-state index in [-0.39, 0.29) is 5.92 Å². The van der Waals surface area contributed by atoms with Crippen LogP contribution in [0, 0.1) is 5.92 Å². The standard InChI is InChI=1S/C33H43ClN8O3/c1-33(2)28-21(7-5-9-26(28)37-31(33)44)18-35-29-24(34)19-36-32(39-29)38-25-11-10-23(17-27(25)45-4)41-13-15-42(16-14-41)30(43)22-8-6-12-40(3)20-22/h5,7,9-11,17,19,22,31,37,44H,6,8,12-16,18,20H2,1-4H3,(H2,35,36,38,39). The number of aromatic nitrogens is 2. The summed E-state index contributed by atoms with van der Waals surface area (Å²) in [5.41, 5.74) is 4.39. The van der Waals surface area contributed by atoms with Crippen molar-refractivity contribution >= 4 is 46.3 Å². The van der Waals surface area contributed by atoms with Crippen LogP contribution in [0.4, 0.5) is 28.8 Å². The number of fused-ring (bicyclic) bond motifs is 1. The first-order valence-corrected chi connectivity index (χ1v) is 16.0. The van der Waals surface area contributed by atoms with Crippen LogP contribution >= 0.6 is 11.6 Å². The summed E-state index contributed by atoms with van der Waals surface area (Å²) in [4.78, 5) is 28.7. The number of piperazine rings is 1. The predicted octanol–water partition coefficient (Wildman–Crippen LogP) is 4.51.